The number of hydrogen-bond acceptors (Lipinski definition) is 1. The smallest absolute Gasteiger partial charge is 0.0807 e. The summed E-state index contributed by atoms with van der Waals surface area (Å²) in [6, 6.07) is 2.12. The number of aromatic nitrogens is 1. The van der Waals surface area contributed by atoms with Gasteiger partial charge in [0.1, 0.15) is 0 Å². The molecule has 1 saturated carbocycles. The molecule has 2 heteroatoms. The third-order valence-corrected chi connectivity index (χ3v) is 4.07. The molecule has 0 saturated heterocycles. The number of aryl methyl sites for hydroxylation is 1. The minimum Gasteiger partial charge on any atom is -0.388 e. The summed E-state index contributed by atoms with van der Waals surface area (Å²) in [6.07, 6.45) is 10.8. The molecule has 1 atom stereocenters. The lowest BCUT2D eigenvalue weighted by atomic mass is 9.95. The van der Waals surface area contributed by atoms with Crippen molar-refractivity contribution in [3.63, 3.8) is 0 Å². The molecule has 0 radical (unpaired) electrons. The Morgan fingerprint density at radius 1 is 1.31 bits per heavy atom. The summed E-state index contributed by atoms with van der Waals surface area (Å²) in [5.74, 6) is 1.04. The van der Waals surface area contributed by atoms with Crippen LogP contribution in [0.15, 0.2) is 12.3 Å². The van der Waals surface area contributed by atoms with Gasteiger partial charge in [0.05, 0.1) is 6.10 Å². The lowest BCUT2D eigenvalue weighted by Gasteiger charge is -2.20. The van der Waals surface area contributed by atoms with Gasteiger partial charge in [0.15, 0.2) is 0 Å². The Bertz CT molecular complexity index is 365. The zero-order valence-electron chi connectivity index (χ0n) is 9.86. The number of rotatable bonds is 4. The molecule has 1 aromatic heterocycles. The van der Waals surface area contributed by atoms with Crippen molar-refractivity contribution in [3.05, 3.63) is 23.5 Å². The molecule has 88 valence electrons. The maximum Gasteiger partial charge on any atom is 0.0807 e. The molecule has 2 nitrogen and oxygen atoms in total. The van der Waals surface area contributed by atoms with E-state index in [4.69, 9.17) is 0 Å². The average molecular weight is 219 g/mol. The first kappa shape index (κ1) is 10.4. The first-order chi connectivity index (χ1) is 7.84. The molecule has 2 aliphatic carbocycles. The molecule has 3 rings (SSSR count). The van der Waals surface area contributed by atoms with Crippen LogP contribution in [0.2, 0.25) is 0 Å². The number of hydrogen-bond donors (Lipinski definition) is 1. The molecule has 1 fully saturated rings. The van der Waals surface area contributed by atoms with Gasteiger partial charge in [-0.1, -0.05) is 12.8 Å². The number of aliphatic hydroxyl groups excluding tert-OH is 1. The van der Waals surface area contributed by atoms with Crippen LogP contribution in [0.3, 0.4) is 0 Å². The van der Waals surface area contributed by atoms with E-state index in [-0.39, 0.29) is 6.10 Å². The van der Waals surface area contributed by atoms with E-state index in [9.17, 15) is 5.11 Å². The minimum atomic E-state index is -0.201. The maximum absolute atomic E-state index is 9.88. The van der Waals surface area contributed by atoms with Crippen LogP contribution in [0.5, 0.6) is 0 Å². The Hall–Kier alpha value is -0.760. The van der Waals surface area contributed by atoms with Gasteiger partial charge in [0, 0.05) is 24.0 Å². The van der Waals surface area contributed by atoms with E-state index < -0.39 is 0 Å². The van der Waals surface area contributed by atoms with E-state index in [0.29, 0.717) is 0 Å². The van der Waals surface area contributed by atoms with Crippen LogP contribution in [-0.2, 0) is 13.0 Å². The van der Waals surface area contributed by atoms with Gasteiger partial charge in [-0.2, -0.15) is 0 Å². The predicted octanol–water partition coefficient (Wildman–Crippen LogP) is 3.05. The van der Waals surface area contributed by atoms with Crippen molar-refractivity contribution in [1.82, 2.24) is 4.57 Å². The van der Waals surface area contributed by atoms with E-state index >= 15 is 0 Å². The molecule has 0 bridgehead atoms. The summed E-state index contributed by atoms with van der Waals surface area (Å²) in [7, 11) is 0. The molecule has 0 amide bonds. The van der Waals surface area contributed by atoms with Crippen LogP contribution in [0.1, 0.15) is 55.9 Å². The summed E-state index contributed by atoms with van der Waals surface area (Å²) in [6.45, 7) is 1.15. The number of aliphatic hydroxyl groups is 1. The van der Waals surface area contributed by atoms with Gasteiger partial charge in [-0.25, -0.2) is 0 Å². The van der Waals surface area contributed by atoms with Crippen molar-refractivity contribution in [2.45, 2.75) is 57.6 Å². The first-order valence-electron chi connectivity index (χ1n) is 6.70. The van der Waals surface area contributed by atoms with E-state index in [1.54, 1.807) is 0 Å². The second-order valence-electron chi connectivity index (χ2n) is 5.40. The molecular weight excluding hydrogens is 198 g/mol. The molecule has 1 N–H and O–H groups in total. The van der Waals surface area contributed by atoms with Gasteiger partial charge in [-0.05, 0) is 44.1 Å². The number of fused-ring (bicyclic) bond motifs is 1. The van der Waals surface area contributed by atoms with E-state index in [1.165, 1.54) is 36.9 Å². The van der Waals surface area contributed by atoms with E-state index in [0.717, 1.165) is 31.7 Å². The van der Waals surface area contributed by atoms with Crippen LogP contribution in [0, 0.1) is 5.92 Å². The van der Waals surface area contributed by atoms with Crippen LogP contribution >= 0.6 is 0 Å². The Balaban J connectivity index is 1.65. The molecule has 1 unspecified atom stereocenters. The van der Waals surface area contributed by atoms with Gasteiger partial charge >= 0.3 is 0 Å². The van der Waals surface area contributed by atoms with Crippen LogP contribution in [0.4, 0.5) is 0 Å². The van der Waals surface area contributed by atoms with Crippen LogP contribution in [-0.4, -0.2) is 9.67 Å². The van der Waals surface area contributed by atoms with Gasteiger partial charge < -0.3 is 9.67 Å². The fourth-order valence-corrected chi connectivity index (χ4v) is 2.90. The van der Waals surface area contributed by atoms with Gasteiger partial charge in [-0.3, -0.25) is 0 Å². The molecule has 1 heterocycles. The van der Waals surface area contributed by atoms with Crippen molar-refractivity contribution in [1.29, 1.82) is 0 Å². The van der Waals surface area contributed by atoms with Crippen molar-refractivity contribution >= 4 is 0 Å². The van der Waals surface area contributed by atoms with E-state index in [1.807, 2.05) is 0 Å². The third-order valence-electron chi connectivity index (χ3n) is 4.07. The molecule has 16 heavy (non-hydrogen) atoms. The molecule has 1 aromatic rings. The largest absolute Gasteiger partial charge is 0.388 e. The summed E-state index contributed by atoms with van der Waals surface area (Å²) >= 11 is 0. The van der Waals surface area contributed by atoms with Gasteiger partial charge in [0.25, 0.3) is 0 Å². The molecular formula is C14H21NO. The first-order valence-corrected chi connectivity index (χ1v) is 6.70. The highest BCUT2D eigenvalue weighted by molar-refractivity contribution is 5.27. The highest BCUT2D eigenvalue weighted by Crippen LogP contribution is 2.34. The quantitative estimate of drug-likeness (QED) is 0.827. The Morgan fingerprint density at radius 2 is 2.19 bits per heavy atom. The lowest BCUT2D eigenvalue weighted by Crippen LogP contribution is -2.12. The zero-order chi connectivity index (χ0) is 11.0. The van der Waals surface area contributed by atoms with E-state index in [2.05, 4.69) is 16.8 Å². The fraction of sp³-hybridized carbons (Fsp3) is 0.714. The van der Waals surface area contributed by atoms with Crippen molar-refractivity contribution in [2.75, 3.05) is 0 Å². The average Bonchev–Trinajstić information content (AvgIpc) is 3.00. The monoisotopic (exact) mass is 219 g/mol. The Kier molecular flexibility index (Phi) is 2.76. The fourth-order valence-electron chi connectivity index (χ4n) is 2.90. The SMILES string of the molecule is OC1CCCc2c1ccn2CCCC1CC1. The van der Waals surface area contributed by atoms with Crippen LogP contribution < -0.4 is 0 Å². The predicted molar refractivity (Wildman–Crippen MR) is 64.3 cm³/mol. The molecule has 0 spiro atoms. The van der Waals surface area contributed by atoms with Crippen molar-refractivity contribution in [3.8, 4) is 0 Å². The van der Waals surface area contributed by atoms with Gasteiger partial charge in [-0.15, -0.1) is 0 Å². The van der Waals surface area contributed by atoms with Crippen LogP contribution in [0.25, 0.3) is 0 Å². The second-order valence-corrected chi connectivity index (χ2v) is 5.40. The van der Waals surface area contributed by atoms with Crippen molar-refractivity contribution < 1.29 is 5.11 Å². The third kappa shape index (κ3) is 2.03. The lowest BCUT2D eigenvalue weighted by molar-refractivity contribution is 0.155. The topological polar surface area (TPSA) is 25.2 Å². The summed E-state index contributed by atoms with van der Waals surface area (Å²) in [4.78, 5) is 0. The summed E-state index contributed by atoms with van der Waals surface area (Å²) < 4.78 is 2.38. The molecule has 2 aliphatic rings. The molecule has 0 aromatic carbocycles. The van der Waals surface area contributed by atoms with Crippen molar-refractivity contribution in [2.24, 2.45) is 5.92 Å². The summed E-state index contributed by atoms with van der Waals surface area (Å²) in [5, 5.41) is 9.88. The Labute approximate surface area is 97.3 Å². The minimum absolute atomic E-state index is 0.201. The van der Waals surface area contributed by atoms with Gasteiger partial charge in [0.2, 0.25) is 0 Å². The zero-order valence-corrected chi connectivity index (χ0v) is 9.86. The second kappa shape index (κ2) is 4.25. The standard InChI is InChI=1S/C14H21NO/c16-14-5-1-4-13-12(14)8-10-15(13)9-2-3-11-6-7-11/h8,10-11,14,16H,1-7,9H2. The highest BCUT2D eigenvalue weighted by Gasteiger charge is 2.22. The Morgan fingerprint density at radius 3 is 3.00 bits per heavy atom. The normalized spacial score (nSPS) is 24.4. The highest BCUT2D eigenvalue weighted by atomic mass is 16.3. The number of nitrogens with zero attached hydrogens (tertiary/aromatic N) is 1. The summed E-state index contributed by atoms with van der Waals surface area (Å²) in [5.41, 5.74) is 2.59. The molecule has 0 aliphatic heterocycles. The maximum atomic E-state index is 9.88.